The van der Waals surface area contributed by atoms with Gasteiger partial charge < -0.3 is 10.1 Å². The summed E-state index contributed by atoms with van der Waals surface area (Å²) >= 11 is 3.37. The summed E-state index contributed by atoms with van der Waals surface area (Å²) in [6, 6.07) is 7.60. The number of carbonyl (C=O) groups excluding carboxylic acids is 2. The summed E-state index contributed by atoms with van der Waals surface area (Å²) in [6.07, 6.45) is 0.871. The lowest BCUT2D eigenvalue weighted by molar-refractivity contribution is -0.150. The summed E-state index contributed by atoms with van der Waals surface area (Å²) in [4.78, 5) is 23.2. The van der Waals surface area contributed by atoms with Crippen molar-refractivity contribution in [2.45, 2.75) is 26.3 Å². The number of hydrogen-bond acceptors (Lipinski definition) is 3. The highest BCUT2D eigenvalue weighted by Gasteiger charge is 2.40. The molecule has 1 N–H and O–H groups in total. The standard InChI is InChI=1S/C15H18BrNO3/c1-9-7-13(9)15(19)20-8-14(18)17-10(2)11-3-5-12(16)6-4-11/h3-6,9-10,13H,7-8H2,1-2H3,(H,17,18)/t9-,10-,13+/m0/s1. The molecule has 0 bridgehead atoms. The molecule has 2 rings (SSSR count). The molecule has 0 radical (unpaired) electrons. The Morgan fingerprint density at radius 2 is 2.00 bits per heavy atom. The van der Waals surface area contributed by atoms with Crippen LogP contribution in [0, 0.1) is 11.8 Å². The fraction of sp³-hybridized carbons (Fsp3) is 0.467. The van der Waals surface area contributed by atoms with E-state index in [9.17, 15) is 9.59 Å². The quantitative estimate of drug-likeness (QED) is 0.839. The molecule has 0 spiro atoms. The fourth-order valence-electron chi connectivity index (χ4n) is 2.01. The first-order valence-corrected chi connectivity index (χ1v) is 7.48. The molecule has 1 fully saturated rings. The molecule has 108 valence electrons. The molecule has 1 aromatic carbocycles. The number of amides is 1. The normalized spacial score (nSPS) is 21.9. The van der Waals surface area contributed by atoms with Crippen LogP contribution in [0.4, 0.5) is 0 Å². The number of nitrogens with one attached hydrogen (secondary N) is 1. The molecule has 1 aromatic rings. The molecule has 0 aromatic heterocycles. The second-order valence-corrected chi connectivity index (χ2v) is 6.18. The predicted octanol–water partition coefficient (Wildman–Crippen LogP) is 2.83. The monoisotopic (exact) mass is 339 g/mol. The highest BCUT2D eigenvalue weighted by Crippen LogP contribution is 2.38. The number of ether oxygens (including phenoxy) is 1. The van der Waals surface area contributed by atoms with Crippen molar-refractivity contribution in [3.8, 4) is 0 Å². The van der Waals surface area contributed by atoms with E-state index < -0.39 is 0 Å². The van der Waals surface area contributed by atoms with Crippen molar-refractivity contribution in [2.24, 2.45) is 11.8 Å². The fourth-order valence-corrected chi connectivity index (χ4v) is 2.28. The Labute approximate surface area is 127 Å². The third-order valence-corrected chi connectivity index (χ3v) is 4.03. The van der Waals surface area contributed by atoms with Gasteiger partial charge in [-0.1, -0.05) is 35.0 Å². The number of rotatable bonds is 5. The molecule has 0 saturated heterocycles. The number of benzene rings is 1. The van der Waals surface area contributed by atoms with Gasteiger partial charge in [-0.05, 0) is 37.0 Å². The summed E-state index contributed by atoms with van der Waals surface area (Å²) in [6.45, 7) is 3.69. The van der Waals surface area contributed by atoms with Gasteiger partial charge in [0.2, 0.25) is 0 Å². The molecule has 5 heteroatoms. The molecule has 0 heterocycles. The van der Waals surface area contributed by atoms with Gasteiger partial charge in [0.1, 0.15) is 0 Å². The average molecular weight is 340 g/mol. The van der Waals surface area contributed by atoms with Gasteiger partial charge in [0.05, 0.1) is 12.0 Å². The van der Waals surface area contributed by atoms with Crippen molar-refractivity contribution in [3.63, 3.8) is 0 Å². The third kappa shape index (κ3) is 4.07. The zero-order valence-electron chi connectivity index (χ0n) is 11.6. The minimum atomic E-state index is -0.276. The van der Waals surface area contributed by atoms with Gasteiger partial charge in [-0.3, -0.25) is 9.59 Å². The molecule has 4 nitrogen and oxygen atoms in total. The van der Waals surface area contributed by atoms with Gasteiger partial charge in [0.15, 0.2) is 6.61 Å². The zero-order valence-corrected chi connectivity index (χ0v) is 13.1. The Morgan fingerprint density at radius 3 is 2.55 bits per heavy atom. The first kappa shape index (κ1) is 15.0. The van der Waals surface area contributed by atoms with Crippen molar-refractivity contribution in [1.82, 2.24) is 5.32 Å². The maximum Gasteiger partial charge on any atom is 0.309 e. The Morgan fingerprint density at radius 1 is 1.40 bits per heavy atom. The van der Waals surface area contributed by atoms with Crippen LogP contribution in [0.3, 0.4) is 0 Å². The summed E-state index contributed by atoms with van der Waals surface area (Å²) in [5.74, 6) is -0.148. The first-order valence-electron chi connectivity index (χ1n) is 6.69. The van der Waals surface area contributed by atoms with Crippen LogP contribution < -0.4 is 5.32 Å². The Balaban J connectivity index is 1.76. The second-order valence-electron chi connectivity index (χ2n) is 5.27. The maximum absolute atomic E-state index is 11.7. The summed E-state index contributed by atoms with van der Waals surface area (Å²) < 4.78 is 5.99. The lowest BCUT2D eigenvalue weighted by atomic mass is 10.1. The van der Waals surface area contributed by atoms with Crippen molar-refractivity contribution < 1.29 is 14.3 Å². The summed E-state index contributed by atoms with van der Waals surface area (Å²) in [5.41, 5.74) is 1.00. The highest BCUT2D eigenvalue weighted by molar-refractivity contribution is 9.10. The Hall–Kier alpha value is -1.36. The molecule has 1 amide bonds. The van der Waals surface area contributed by atoms with E-state index in [-0.39, 0.29) is 30.4 Å². The van der Waals surface area contributed by atoms with Gasteiger partial charge in [-0.2, -0.15) is 0 Å². The molecule has 1 aliphatic carbocycles. The third-order valence-electron chi connectivity index (χ3n) is 3.51. The predicted molar refractivity (Wildman–Crippen MR) is 78.9 cm³/mol. The zero-order chi connectivity index (χ0) is 14.7. The lowest BCUT2D eigenvalue weighted by Crippen LogP contribution is -2.31. The molecular formula is C15H18BrNO3. The summed E-state index contributed by atoms with van der Waals surface area (Å²) in [7, 11) is 0. The van der Waals surface area contributed by atoms with Crippen molar-refractivity contribution in [2.75, 3.05) is 6.61 Å². The van der Waals surface area contributed by atoms with Crippen LogP contribution in [0.2, 0.25) is 0 Å². The largest absolute Gasteiger partial charge is 0.455 e. The van der Waals surface area contributed by atoms with Crippen molar-refractivity contribution in [1.29, 1.82) is 0 Å². The second kappa shape index (κ2) is 6.39. The van der Waals surface area contributed by atoms with Crippen LogP contribution in [-0.4, -0.2) is 18.5 Å². The van der Waals surface area contributed by atoms with Gasteiger partial charge in [0.25, 0.3) is 5.91 Å². The van der Waals surface area contributed by atoms with E-state index in [1.54, 1.807) is 0 Å². The maximum atomic E-state index is 11.7. The van der Waals surface area contributed by atoms with Gasteiger partial charge in [0, 0.05) is 4.47 Å². The number of esters is 1. The topological polar surface area (TPSA) is 55.4 Å². The SMILES string of the molecule is C[C@H](NC(=O)COC(=O)[C@@H]1C[C@@H]1C)c1ccc(Br)cc1. The number of halogens is 1. The van der Waals surface area contributed by atoms with Gasteiger partial charge in [-0.15, -0.1) is 0 Å². The summed E-state index contributed by atoms with van der Waals surface area (Å²) in [5, 5.41) is 2.81. The van der Waals surface area contributed by atoms with E-state index >= 15 is 0 Å². The molecule has 3 atom stereocenters. The van der Waals surface area contributed by atoms with Crippen LogP contribution in [0.15, 0.2) is 28.7 Å². The minimum absolute atomic E-state index is 0.00769. The van der Waals surface area contributed by atoms with E-state index in [0.29, 0.717) is 5.92 Å². The Kier molecular flexibility index (Phi) is 4.81. The smallest absolute Gasteiger partial charge is 0.309 e. The van der Waals surface area contributed by atoms with Crippen LogP contribution in [-0.2, 0) is 14.3 Å². The molecule has 0 aliphatic heterocycles. The van der Waals surface area contributed by atoms with Gasteiger partial charge in [-0.25, -0.2) is 0 Å². The van der Waals surface area contributed by atoms with E-state index in [1.165, 1.54) is 0 Å². The van der Waals surface area contributed by atoms with Crippen molar-refractivity contribution in [3.05, 3.63) is 34.3 Å². The molecule has 20 heavy (non-hydrogen) atoms. The van der Waals surface area contributed by atoms with Crippen LogP contribution >= 0.6 is 15.9 Å². The van der Waals surface area contributed by atoms with Crippen LogP contribution in [0.25, 0.3) is 0 Å². The minimum Gasteiger partial charge on any atom is -0.455 e. The average Bonchev–Trinajstić information content (AvgIpc) is 3.14. The van der Waals surface area contributed by atoms with E-state index in [0.717, 1.165) is 16.5 Å². The van der Waals surface area contributed by atoms with E-state index in [2.05, 4.69) is 21.2 Å². The van der Waals surface area contributed by atoms with E-state index in [4.69, 9.17) is 4.74 Å². The number of hydrogen-bond donors (Lipinski definition) is 1. The molecule has 0 unspecified atom stereocenters. The molecule has 1 aliphatic rings. The molecular weight excluding hydrogens is 322 g/mol. The van der Waals surface area contributed by atoms with Crippen LogP contribution in [0.5, 0.6) is 0 Å². The first-order chi connectivity index (χ1) is 9.47. The van der Waals surface area contributed by atoms with E-state index in [1.807, 2.05) is 38.1 Å². The Bertz CT molecular complexity index is 500. The number of carbonyl (C=O) groups is 2. The lowest BCUT2D eigenvalue weighted by Gasteiger charge is -2.14. The van der Waals surface area contributed by atoms with Crippen LogP contribution in [0.1, 0.15) is 31.9 Å². The van der Waals surface area contributed by atoms with Gasteiger partial charge >= 0.3 is 5.97 Å². The molecule has 1 saturated carbocycles. The van der Waals surface area contributed by atoms with Crippen molar-refractivity contribution >= 4 is 27.8 Å². The highest BCUT2D eigenvalue weighted by atomic mass is 79.9.